The molecule has 1 aromatic carbocycles. The predicted molar refractivity (Wildman–Crippen MR) is 89.1 cm³/mol. The molecule has 1 aromatic heterocycles. The Hall–Kier alpha value is -2.64. The number of nitrogens with zero attached hydrogens (tertiary/aromatic N) is 3. The lowest BCUT2D eigenvalue weighted by Crippen LogP contribution is -2.20. The van der Waals surface area contributed by atoms with E-state index in [1.54, 1.807) is 0 Å². The Morgan fingerprint density at radius 2 is 2.12 bits per heavy atom. The molecule has 1 N–H and O–H groups in total. The Morgan fingerprint density at radius 1 is 1.46 bits per heavy atom. The summed E-state index contributed by atoms with van der Waals surface area (Å²) in [5.41, 5.74) is 2.87. The number of hydrogen-bond acceptors (Lipinski definition) is 5. The fraction of sp³-hybridized carbons (Fsp3) is 0.438. The van der Waals surface area contributed by atoms with E-state index in [9.17, 15) is 14.5 Å². The summed E-state index contributed by atoms with van der Waals surface area (Å²) in [6, 6.07) is 2.09. The topological polar surface area (TPSA) is 82.2 Å². The van der Waals surface area contributed by atoms with Gasteiger partial charge in [-0.15, -0.1) is 0 Å². The van der Waals surface area contributed by atoms with E-state index >= 15 is 0 Å². The summed E-state index contributed by atoms with van der Waals surface area (Å²) in [6.07, 6.45) is 0.657. The molecule has 0 unspecified atom stereocenters. The number of nitrogens with one attached hydrogen (secondary N) is 1. The Balaban J connectivity index is 2.22. The van der Waals surface area contributed by atoms with Crippen LogP contribution in [0.25, 0.3) is 0 Å². The van der Waals surface area contributed by atoms with Crippen LogP contribution in [-0.2, 0) is 13.5 Å². The Labute approximate surface area is 139 Å². The zero-order chi connectivity index (χ0) is 18.0. The van der Waals surface area contributed by atoms with Crippen LogP contribution in [0.5, 0.6) is 5.75 Å². The smallest absolute Gasteiger partial charge is 0.313 e. The van der Waals surface area contributed by atoms with E-state index in [4.69, 9.17) is 4.74 Å². The maximum Gasteiger partial charge on any atom is 0.313 e. The predicted octanol–water partition coefficient (Wildman–Crippen LogP) is 3.14. The molecule has 0 aliphatic carbocycles. The molecular weight excluding hydrogens is 315 g/mol. The van der Waals surface area contributed by atoms with Crippen molar-refractivity contribution in [2.24, 2.45) is 7.05 Å². The van der Waals surface area contributed by atoms with Gasteiger partial charge in [0.05, 0.1) is 29.5 Å². The number of nitro benzene ring substituents is 1. The van der Waals surface area contributed by atoms with Crippen LogP contribution in [0.2, 0.25) is 0 Å². The first-order valence-corrected chi connectivity index (χ1v) is 7.52. The normalized spacial score (nSPS) is 12.1. The number of anilines is 1. The third-order valence-corrected chi connectivity index (χ3v) is 4.04. The number of halogens is 1. The molecule has 0 saturated heterocycles. The SMILES string of the molecule is COc1cc(N[C@@H](C)Cc2c(C)nn(C)c2C)c(F)cc1[N+](=O)[O-]. The summed E-state index contributed by atoms with van der Waals surface area (Å²) in [7, 11) is 3.20. The lowest BCUT2D eigenvalue weighted by molar-refractivity contribution is -0.385. The maximum atomic E-state index is 14.1. The minimum atomic E-state index is -0.686. The van der Waals surface area contributed by atoms with Crippen LogP contribution >= 0.6 is 0 Å². The average molecular weight is 336 g/mol. The maximum absolute atomic E-state index is 14.1. The largest absolute Gasteiger partial charge is 0.490 e. The lowest BCUT2D eigenvalue weighted by atomic mass is 10.0. The van der Waals surface area contributed by atoms with Gasteiger partial charge in [0.15, 0.2) is 11.6 Å². The van der Waals surface area contributed by atoms with Gasteiger partial charge in [-0.1, -0.05) is 0 Å². The van der Waals surface area contributed by atoms with Gasteiger partial charge in [0.25, 0.3) is 0 Å². The molecule has 0 aliphatic heterocycles. The molecule has 0 bridgehead atoms. The van der Waals surface area contributed by atoms with Crippen LogP contribution in [-0.4, -0.2) is 27.9 Å². The molecule has 1 atom stereocenters. The monoisotopic (exact) mass is 336 g/mol. The minimum absolute atomic E-state index is 0.0184. The number of aromatic nitrogens is 2. The molecule has 7 nitrogen and oxygen atoms in total. The zero-order valence-corrected chi connectivity index (χ0v) is 14.4. The number of hydrogen-bond donors (Lipinski definition) is 1. The number of nitro groups is 1. The van der Waals surface area contributed by atoms with Crippen LogP contribution in [0.4, 0.5) is 15.8 Å². The van der Waals surface area contributed by atoms with Crippen molar-refractivity contribution in [3.8, 4) is 5.75 Å². The van der Waals surface area contributed by atoms with Gasteiger partial charge in [-0.05, 0) is 32.8 Å². The zero-order valence-electron chi connectivity index (χ0n) is 14.4. The van der Waals surface area contributed by atoms with E-state index in [-0.39, 0.29) is 17.5 Å². The van der Waals surface area contributed by atoms with Crippen molar-refractivity contribution >= 4 is 11.4 Å². The van der Waals surface area contributed by atoms with Gasteiger partial charge in [-0.3, -0.25) is 14.8 Å². The van der Waals surface area contributed by atoms with Crippen LogP contribution in [0, 0.1) is 29.8 Å². The van der Waals surface area contributed by atoms with Gasteiger partial charge in [-0.25, -0.2) is 4.39 Å². The number of benzene rings is 1. The van der Waals surface area contributed by atoms with E-state index in [1.807, 2.05) is 32.5 Å². The minimum Gasteiger partial charge on any atom is -0.490 e. The molecule has 0 fully saturated rings. The standard InChI is InChI=1S/C16H21FN4O3/c1-9(6-12-10(2)19-20(4)11(12)3)18-14-8-16(24-5)15(21(22)23)7-13(14)17/h7-9,18H,6H2,1-5H3/t9-/m0/s1. The van der Waals surface area contributed by atoms with Gasteiger partial charge >= 0.3 is 5.69 Å². The second-order valence-electron chi connectivity index (χ2n) is 5.78. The molecule has 0 amide bonds. The molecule has 0 saturated carbocycles. The molecular formula is C16H21FN4O3. The Morgan fingerprint density at radius 3 is 2.62 bits per heavy atom. The van der Waals surface area contributed by atoms with E-state index in [1.165, 1.54) is 13.2 Å². The molecule has 130 valence electrons. The number of aryl methyl sites for hydroxylation is 2. The second-order valence-corrected chi connectivity index (χ2v) is 5.78. The number of methoxy groups -OCH3 is 1. The van der Waals surface area contributed by atoms with E-state index in [0.29, 0.717) is 6.42 Å². The molecule has 24 heavy (non-hydrogen) atoms. The van der Waals surface area contributed by atoms with E-state index < -0.39 is 16.4 Å². The summed E-state index contributed by atoms with van der Waals surface area (Å²) in [5, 5.41) is 18.3. The van der Waals surface area contributed by atoms with Crippen LogP contribution in [0.15, 0.2) is 12.1 Å². The summed E-state index contributed by atoms with van der Waals surface area (Å²) < 4.78 is 20.9. The third-order valence-electron chi connectivity index (χ3n) is 4.04. The lowest BCUT2D eigenvalue weighted by Gasteiger charge is -2.17. The van der Waals surface area contributed by atoms with Crippen molar-refractivity contribution in [1.82, 2.24) is 9.78 Å². The molecule has 0 radical (unpaired) electrons. The molecule has 8 heteroatoms. The summed E-state index contributed by atoms with van der Waals surface area (Å²) in [5.74, 6) is -0.668. The first-order valence-electron chi connectivity index (χ1n) is 7.52. The molecule has 0 aliphatic rings. The fourth-order valence-electron chi connectivity index (χ4n) is 2.70. The molecule has 2 aromatic rings. The van der Waals surface area contributed by atoms with Gasteiger partial charge in [0.2, 0.25) is 0 Å². The van der Waals surface area contributed by atoms with Crippen molar-refractivity contribution in [2.45, 2.75) is 33.2 Å². The van der Waals surface area contributed by atoms with Crippen molar-refractivity contribution in [1.29, 1.82) is 0 Å². The van der Waals surface area contributed by atoms with Crippen LogP contribution < -0.4 is 10.1 Å². The third kappa shape index (κ3) is 3.47. The molecule has 0 spiro atoms. The van der Waals surface area contributed by atoms with Gasteiger partial charge < -0.3 is 10.1 Å². The van der Waals surface area contributed by atoms with E-state index in [0.717, 1.165) is 23.0 Å². The van der Waals surface area contributed by atoms with Crippen molar-refractivity contribution in [2.75, 3.05) is 12.4 Å². The first kappa shape index (κ1) is 17.7. The van der Waals surface area contributed by atoms with Gasteiger partial charge in [0.1, 0.15) is 0 Å². The van der Waals surface area contributed by atoms with Gasteiger partial charge in [-0.2, -0.15) is 5.10 Å². The second kappa shape index (κ2) is 6.86. The Bertz CT molecular complexity index is 773. The van der Waals surface area contributed by atoms with Crippen molar-refractivity contribution in [3.05, 3.63) is 45.0 Å². The highest BCUT2D eigenvalue weighted by atomic mass is 19.1. The van der Waals surface area contributed by atoms with Crippen molar-refractivity contribution < 1.29 is 14.1 Å². The number of rotatable bonds is 6. The number of ether oxygens (including phenoxy) is 1. The van der Waals surface area contributed by atoms with Gasteiger partial charge in [0, 0.05) is 24.8 Å². The van der Waals surface area contributed by atoms with Crippen LogP contribution in [0.1, 0.15) is 23.9 Å². The Kier molecular flexibility index (Phi) is 5.06. The summed E-state index contributed by atoms with van der Waals surface area (Å²) in [4.78, 5) is 10.2. The quantitative estimate of drug-likeness (QED) is 0.647. The highest BCUT2D eigenvalue weighted by molar-refractivity contribution is 5.59. The fourth-order valence-corrected chi connectivity index (χ4v) is 2.70. The first-order chi connectivity index (χ1) is 11.2. The summed E-state index contributed by atoms with van der Waals surface area (Å²) >= 11 is 0. The average Bonchev–Trinajstić information content (AvgIpc) is 2.75. The molecule has 2 rings (SSSR count). The summed E-state index contributed by atoms with van der Waals surface area (Å²) in [6.45, 7) is 5.83. The highest BCUT2D eigenvalue weighted by Gasteiger charge is 2.20. The molecule has 1 heterocycles. The van der Waals surface area contributed by atoms with Crippen LogP contribution in [0.3, 0.4) is 0 Å². The van der Waals surface area contributed by atoms with E-state index in [2.05, 4.69) is 10.4 Å². The highest BCUT2D eigenvalue weighted by Crippen LogP contribution is 2.32. The van der Waals surface area contributed by atoms with Crippen molar-refractivity contribution in [3.63, 3.8) is 0 Å².